The van der Waals surface area contributed by atoms with Crippen molar-refractivity contribution in [3.05, 3.63) is 24.0 Å². The van der Waals surface area contributed by atoms with Crippen molar-refractivity contribution in [2.75, 3.05) is 13.1 Å². The molecule has 0 N–H and O–H groups in total. The van der Waals surface area contributed by atoms with Crippen molar-refractivity contribution < 1.29 is 18.0 Å². The Balaban J connectivity index is 2.93. The molecule has 0 aliphatic carbocycles. The highest BCUT2D eigenvalue weighted by atomic mass is 19.4. The molecule has 1 aromatic rings. The van der Waals surface area contributed by atoms with Gasteiger partial charge in [-0.2, -0.15) is 13.2 Å². The molecule has 0 fully saturated rings. The van der Waals surface area contributed by atoms with E-state index in [0.29, 0.717) is 6.54 Å². The predicted octanol–water partition coefficient (Wildman–Crippen LogP) is 2.15. The van der Waals surface area contributed by atoms with Crippen LogP contribution in [0, 0.1) is 12.3 Å². The van der Waals surface area contributed by atoms with E-state index in [2.05, 4.69) is 5.92 Å². The Kier molecular flexibility index (Phi) is 4.43. The summed E-state index contributed by atoms with van der Waals surface area (Å²) in [7, 11) is 0. The molecule has 0 aliphatic rings. The zero-order valence-corrected chi connectivity index (χ0v) is 9.87. The predicted molar refractivity (Wildman–Crippen MR) is 60.9 cm³/mol. The first-order valence-electron chi connectivity index (χ1n) is 5.33. The summed E-state index contributed by atoms with van der Waals surface area (Å²) in [6.07, 6.45) is 1.97. The van der Waals surface area contributed by atoms with E-state index in [9.17, 15) is 18.0 Å². The van der Waals surface area contributed by atoms with Crippen molar-refractivity contribution in [2.24, 2.45) is 0 Å². The van der Waals surface area contributed by atoms with Gasteiger partial charge in [0.1, 0.15) is 12.2 Å². The molecule has 6 heteroatoms. The van der Waals surface area contributed by atoms with Gasteiger partial charge in [-0.3, -0.25) is 4.79 Å². The van der Waals surface area contributed by atoms with Gasteiger partial charge in [0.15, 0.2) is 0 Å². The van der Waals surface area contributed by atoms with Crippen LogP contribution in [0.4, 0.5) is 13.2 Å². The van der Waals surface area contributed by atoms with Crippen molar-refractivity contribution in [1.29, 1.82) is 0 Å². The van der Waals surface area contributed by atoms with Crippen molar-refractivity contribution in [1.82, 2.24) is 9.47 Å². The van der Waals surface area contributed by atoms with Crippen LogP contribution in [0.5, 0.6) is 0 Å². The van der Waals surface area contributed by atoms with Crippen LogP contribution in [0.25, 0.3) is 0 Å². The van der Waals surface area contributed by atoms with E-state index < -0.39 is 18.6 Å². The summed E-state index contributed by atoms with van der Waals surface area (Å²) >= 11 is 0. The second kappa shape index (κ2) is 5.63. The van der Waals surface area contributed by atoms with Crippen LogP contribution in [0.15, 0.2) is 18.3 Å². The molecule has 0 aliphatic heterocycles. The summed E-state index contributed by atoms with van der Waals surface area (Å²) in [5, 5.41) is 0. The van der Waals surface area contributed by atoms with Crippen LogP contribution < -0.4 is 0 Å². The molecule has 0 atom stereocenters. The molecule has 0 radical (unpaired) electrons. The Hall–Kier alpha value is -1.90. The fourth-order valence-corrected chi connectivity index (χ4v) is 1.54. The molecule has 3 nitrogen and oxygen atoms in total. The number of carbonyl (C=O) groups excluding carboxylic acids is 1. The standard InChI is InChI=1S/C12H13F3N2O/c1-3-7-16(4-2)11(18)10-6-5-8-17(10)9-12(13,14)15/h1,5-6,8H,4,7,9H2,2H3. The topological polar surface area (TPSA) is 25.2 Å². The van der Waals surface area contributed by atoms with E-state index in [4.69, 9.17) is 6.42 Å². The van der Waals surface area contributed by atoms with Crippen molar-refractivity contribution >= 4 is 5.91 Å². The van der Waals surface area contributed by atoms with Crippen LogP contribution >= 0.6 is 0 Å². The highest BCUT2D eigenvalue weighted by molar-refractivity contribution is 5.92. The SMILES string of the molecule is C#CCN(CC)C(=O)c1cccn1CC(F)(F)F. The van der Waals surface area contributed by atoms with Crippen molar-refractivity contribution in [2.45, 2.75) is 19.6 Å². The molecule has 1 aromatic heterocycles. The van der Waals surface area contributed by atoms with E-state index in [-0.39, 0.29) is 12.2 Å². The van der Waals surface area contributed by atoms with Gasteiger partial charge in [0.2, 0.25) is 0 Å². The quantitative estimate of drug-likeness (QED) is 0.760. The number of hydrogen-bond donors (Lipinski definition) is 0. The largest absolute Gasteiger partial charge is 0.406 e. The lowest BCUT2D eigenvalue weighted by molar-refractivity contribution is -0.140. The highest BCUT2D eigenvalue weighted by Gasteiger charge is 2.30. The van der Waals surface area contributed by atoms with Crippen LogP contribution in [-0.2, 0) is 6.54 Å². The smallest absolute Gasteiger partial charge is 0.334 e. The summed E-state index contributed by atoms with van der Waals surface area (Å²) in [5.74, 6) is 1.81. The van der Waals surface area contributed by atoms with Gasteiger partial charge in [-0.15, -0.1) is 6.42 Å². The van der Waals surface area contributed by atoms with Gasteiger partial charge in [-0.05, 0) is 19.1 Å². The Morgan fingerprint density at radius 3 is 2.72 bits per heavy atom. The van der Waals surface area contributed by atoms with Gasteiger partial charge < -0.3 is 9.47 Å². The first-order chi connectivity index (χ1) is 8.39. The zero-order chi connectivity index (χ0) is 13.8. The average molecular weight is 258 g/mol. The normalized spacial score (nSPS) is 11.1. The first kappa shape index (κ1) is 14.2. The van der Waals surface area contributed by atoms with E-state index in [1.807, 2.05) is 0 Å². The summed E-state index contributed by atoms with van der Waals surface area (Å²) in [4.78, 5) is 13.3. The second-order valence-electron chi connectivity index (χ2n) is 3.66. The Labute approximate surface area is 103 Å². The van der Waals surface area contributed by atoms with E-state index >= 15 is 0 Å². The third-order valence-corrected chi connectivity index (χ3v) is 2.35. The second-order valence-corrected chi connectivity index (χ2v) is 3.66. The van der Waals surface area contributed by atoms with Gasteiger partial charge in [-0.1, -0.05) is 5.92 Å². The molecule has 1 amide bonds. The molecule has 1 rings (SSSR count). The van der Waals surface area contributed by atoms with Crippen LogP contribution in [-0.4, -0.2) is 34.6 Å². The molecule has 1 heterocycles. The van der Waals surface area contributed by atoms with Crippen molar-refractivity contribution in [3.63, 3.8) is 0 Å². The number of halogens is 3. The maximum absolute atomic E-state index is 12.3. The minimum Gasteiger partial charge on any atom is -0.334 e. The number of aromatic nitrogens is 1. The number of terminal acetylenes is 1. The molecular formula is C12H13F3N2O. The first-order valence-corrected chi connectivity index (χ1v) is 5.33. The fraction of sp³-hybridized carbons (Fsp3) is 0.417. The monoisotopic (exact) mass is 258 g/mol. The molecule has 0 bridgehead atoms. The van der Waals surface area contributed by atoms with Crippen LogP contribution in [0.3, 0.4) is 0 Å². The van der Waals surface area contributed by atoms with Gasteiger partial charge in [0.25, 0.3) is 5.91 Å². The summed E-state index contributed by atoms with van der Waals surface area (Å²) in [6, 6.07) is 2.76. The van der Waals surface area contributed by atoms with E-state index in [0.717, 1.165) is 4.57 Å². The molecule has 0 spiro atoms. The fourth-order valence-electron chi connectivity index (χ4n) is 1.54. The number of carbonyl (C=O) groups is 1. The Bertz CT molecular complexity index is 457. The molecule has 98 valence electrons. The number of rotatable bonds is 4. The molecule has 18 heavy (non-hydrogen) atoms. The van der Waals surface area contributed by atoms with Gasteiger partial charge >= 0.3 is 6.18 Å². The number of nitrogens with zero attached hydrogens (tertiary/aromatic N) is 2. The minimum atomic E-state index is -4.36. The third-order valence-electron chi connectivity index (χ3n) is 2.35. The minimum absolute atomic E-state index is 0.00979. The number of hydrogen-bond acceptors (Lipinski definition) is 1. The van der Waals surface area contributed by atoms with Crippen LogP contribution in [0.2, 0.25) is 0 Å². The summed E-state index contributed by atoms with van der Waals surface area (Å²) in [6.45, 7) is 0.952. The van der Waals surface area contributed by atoms with Crippen LogP contribution in [0.1, 0.15) is 17.4 Å². The van der Waals surface area contributed by atoms with E-state index in [1.54, 1.807) is 6.92 Å². The maximum atomic E-state index is 12.3. The average Bonchev–Trinajstić information content (AvgIpc) is 2.70. The van der Waals surface area contributed by atoms with Gasteiger partial charge in [0, 0.05) is 12.7 Å². The molecule has 0 unspecified atom stereocenters. The Morgan fingerprint density at radius 2 is 2.22 bits per heavy atom. The van der Waals surface area contributed by atoms with Crippen molar-refractivity contribution in [3.8, 4) is 12.3 Å². The molecular weight excluding hydrogens is 245 g/mol. The van der Waals surface area contributed by atoms with Gasteiger partial charge in [0.05, 0.1) is 6.54 Å². The summed E-state index contributed by atoms with van der Waals surface area (Å²) < 4.78 is 37.8. The number of alkyl halides is 3. The Morgan fingerprint density at radius 1 is 1.56 bits per heavy atom. The lowest BCUT2D eigenvalue weighted by Gasteiger charge is -2.19. The third kappa shape index (κ3) is 3.55. The molecule has 0 saturated carbocycles. The summed E-state index contributed by atoms with van der Waals surface area (Å²) in [5.41, 5.74) is -0.00979. The molecule has 0 aromatic carbocycles. The number of amides is 1. The maximum Gasteiger partial charge on any atom is 0.406 e. The zero-order valence-electron chi connectivity index (χ0n) is 9.87. The lowest BCUT2D eigenvalue weighted by atomic mass is 10.3. The highest BCUT2D eigenvalue weighted by Crippen LogP contribution is 2.19. The van der Waals surface area contributed by atoms with Gasteiger partial charge in [-0.25, -0.2) is 0 Å². The molecule has 0 saturated heterocycles. The lowest BCUT2D eigenvalue weighted by Crippen LogP contribution is -2.33. The van der Waals surface area contributed by atoms with E-state index in [1.165, 1.54) is 23.2 Å².